The van der Waals surface area contributed by atoms with Gasteiger partial charge < -0.3 is 9.84 Å². The molecule has 3 rings (SSSR count). The highest BCUT2D eigenvalue weighted by molar-refractivity contribution is 9.10. The molecule has 1 N–H and O–H groups in total. The number of hydrogen-bond acceptors (Lipinski definition) is 4. The summed E-state index contributed by atoms with van der Waals surface area (Å²) in [5, 5.41) is 6.77. The summed E-state index contributed by atoms with van der Waals surface area (Å²) in [6.45, 7) is 4.31. The maximum Gasteiger partial charge on any atom is 0.246 e. The number of amides is 1. The molecule has 6 heteroatoms. The zero-order valence-corrected chi connectivity index (χ0v) is 15.6. The van der Waals surface area contributed by atoms with E-state index in [1.54, 1.807) is 0 Å². The lowest BCUT2D eigenvalue weighted by Gasteiger charge is -2.05. The Bertz CT molecular complexity index is 905. The Morgan fingerprint density at radius 1 is 1.16 bits per heavy atom. The Morgan fingerprint density at radius 3 is 2.76 bits per heavy atom. The highest BCUT2D eigenvalue weighted by Gasteiger charge is 2.11. The molecule has 128 valence electrons. The molecule has 1 aromatic heterocycles. The first-order valence-electron chi connectivity index (χ1n) is 7.92. The zero-order valence-electron chi connectivity index (χ0n) is 14.0. The molecule has 3 aromatic rings. The van der Waals surface area contributed by atoms with E-state index in [0.717, 1.165) is 15.6 Å². The first-order valence-corrected chi connectivity index (χ1v) is 8.72. The molecule has 0 unspecified atom stereocenters. The summed E-state index contributed by atoms with van der Waals surface area (Å²) in [5.41, 5.74) is 4.24. The molecule has 0 aliphatic heterocycles. The van der Waals surface area contributed by atoms with Crippen molar-refractivity contribution in [1.82, 2.24) is 15.5 Å². The molecule has 1 amide bonds. The summed E-state index contributed by atoms with van der Waals surface area (Å²) < 4.78 is 6.15. The second-order valence-corrected chi connectivity index (χ2v) is 6.81. The molecule has 0 spiro atoms. The van der Waals surface area contributed by atoms with Crippen LogP contribution >= 0.6 is 15.9 Å². The number of carbonyl (C=O) groups excluding carboxylic acids is 1. The minimum Gasteiger partial charge on any atom is -0.347 e. The molecule has 0 aliphatic rings. The van der Waals surface area contributed by atoms with E-state index < -0.39 is 0 Å². The molecule has 0 saturated heterocycles. The van der Waals surface area contributed by atoms with Crippen LogP contribution in [0.1, 0.15) is 22.6 Å². The van der Waals surface area contributed by atoms with Gasteiger partial charge in [0.25, 0.3) is 0 Å². The van der Waals surface area contributed by atoms with E-state index in [1.807, 2.05) is 49.4 Å². The van der Waals surface area contributed by atoms with Crippen molar-refractivity contribution in [2.45, 2.75) is 26.8 Å². The van der Waals surface area contributed by atoms with E-state index in [1.165, 1.54) is 11.1 Å². The second kappa shape index (κ2) is 7.61. The summed E-state index contributed by atoms with van der Waals surface area (Å²) in [6.07, 6.45) is 0.327. The van der Waals surface area contributed by atoms with Crippen LogP contribution in [-0.4, -0.2) is 16.0 Å². The Kier molecular flexibility index (Phi) is 5.28. The van der Waals surface area contributed by atoms with Gasteiger partial charge in [0.15, 0.2) is 0 Å². The van der Waals surface area contributed by atoms with Gasteiger partial charge in [0, 0.05) is 10.0 Å². The lowest BCUT2D eigenvalue weighted by atomic mass is 10.0. The number of aryl methyl sites for hydroxylation is 2. The van der Waals surface area contributed by atoms with Gasteiger partial charge in [-0.05, 0) is 42.7 Å². The number of nitrogens with one attached hydrogen (secondary N) is 1. The molecule has 0 bridgehead atoms. The number of carbonyl (C=O) groups is 1. The average molecular weight is 400 g/mol. The first-order chi connectivity index (χ1) is 12.0. The lowest BCUT2D eigenvalue weighted by Crippen LogP contribution is -2.24. The highest BCUT2D eigenvalue weighted by atomic mass is 79.9. The second-order valence-electron chi connectivity index (χ2n) is 5.89. The van der Waals surface area contributed by atoms with Crippen LogP contribution in [-0.2, 0) is 17.8 Å². The third kappa shape index (κ3) is 4.54. The monoisotopic (exact) mass is 399 g/mol. The van der Waals surface area contributed by atoms with Crippen LogP contribution in [0, 0.1) is 13.8 Å². The predicted octanol–water partition coefficient (Wildman–Crippen LogP) is 3.97. The van der Waals surface area contributed by atoms with Gasteiger partial charge in [-0.25, -0.2) is 0 Å². The zero-order chi connectivity index (χ0) is 17.8. The third-order valence-corrected chi connectivity index (χ3v) is 4.42. The third-order valence-electron chi connectivity index (χ3n) is 3.92. The topological polar surface area (TPSA) is 68.0 Å². The minimum absolute atomic E-state index is 0.0783. The number of aromatic nitrogens is 2. The standard InChI is InChI=1S/C19H18BrN3O2/c1-12-6-7-14(8-13(12)2)9-17(24)21-11-18-22-19(23-25-18)15-4-3-5-16(20)10-15/h3-8,10H,9,11H2,1-2H3,(H,21,24). The maximum atomic E-state index is 12.1. The van der Waals surface area contributed by atoms with Gasteiger partial charge in [0.2, 0.25) is 17.6 Å². The van der Waals surface area contributed by atoms with Gasteiger partial charge >= 0.3 is 0 Å². The van der Waals surface area contributed by atoms with Crippen molar-refractivity contribution < 1.29 is 9.32 Å². The number of halogens is 1. The summed E-state index contributed by atoms with van der Waals surface area (Å²) in [7, 11) is 0. The average Bonchev–Trinajstić information content (AvgIpc) is 3.05. The Labute approximate surface area is 154 Å². The number of benzene rings is 2. The summed E-state index contributed by atoms with van der Waals surface area (Å²) >= 11 is 3.41. The summed E-state index contributed by atoms with van der Waals surface area (Å²) in [6, 6.07) is 13.7. The molecule has 0 fully saturated rings. The molecule has 1 heterocycles. The van der Waals surface area contributed by atoms with Crippen molar-refractivity contribution >= 4 is 21.8 Å². The minimum atomic E-state index is -0.0783. The van der Waals surface area contributed by atoms with Crippen molar-refractivity contribution in [1.29, 1.82) is 0 Å². The van der Waals surface area contributed by atoms with Crippen molar-refractivity contribution in [3.05, 3.63) is 69.5 Å². The van der Waals surface area contributed by atoms with Gasteiger partial charge in [0.05, 0.1) is 13.0 Å². The number of rotatable bonds is 5. The lowest BCUT2D eigenvalue weighted by molar-refractivity contribution is -0.120. The van der Waals surface area contributed by atoms with Gasteiger partial charge in [0.1, 0.15) is 0 Å². The fraction of sp³-hybridized carbons (Fsp3) is 0.211. The molecular weight excluding hydrogens is 382 g/mol. The van der Waals surface area contributed by atoms with Crippen LogP contribution in [0.2, 0.25) is 0 Å². The van der Waals surface area contributed by atoms with Gasteiger partial charge in [-0.15, -0.1) is 0 Å². The molecule has 0 aliphatic carbocycles. The van der Waals surface area contributed by atoms with Crippen LogP contribution < -0.4 is 5.32 Å². The van der Waals surface area contributed by atoms with Gasteiger partial charge in [-0.2, -0.15) is 4.98 Å². The van der Waals surface area contributed by atoms with Crippen molar-refractivity contribution in [2.24, 2.45) is 0 Å². The molecule has 0 radical (unpaired) electrons. The van der Waals surface area contributed by atoms with Crippen LogP contribution in [0.5, 0.6) is 0 Å². The van der Waals surface area contributed by atoms with Crippen LogP contribution in [0.3, 0.4) is 0 Å². The number of nitrogens with zero attached hydrogens (tertiary/aromatic N) is 2. The molecule has 5 nitrogen and oxygen atoms in total. The van der Waals surface area contributed by atoms with E-state index in [-0.39, 0.29) is 12.5 Å². The Hall–Kier alpha value is -2.47. The molecule has 2 aromatic carbocycles. The van der Waals surface area contributed by atoms with E-state index in [4.69, 9.17) is 4.52 Å². The predicted molar refractivity (Wildman–Crippen MR) is 98.9 cm³/mol. The normalized spacial score (nSPS) is 10.7. The SMILES string of the molecule is Cc1ccc(CC(=O)NCc2nc(-c3cccc(Br)c3)no2)cc1C. The fourth-order valence-corrected chi connectivity index (χ4v) is 2.81. The van der Waals surface area contributed by atoms with Crippen LogP contribution in [0.4, 0.5) is 0 Å². The fourth-order valence-electron chi connectivity index (χ4n) is 2.41. The van der Waals surface area contributed by atoms with E-state index in [9.17, 15) is 4.79 Å². The highest BCUT2D eigenvalue weighted by Crippen LogP contribution is 2.20. The van der Waals surface area contributed by atoms with E-state index >= 15 is 0 Å². The van der Waals surface area contributed by atoms with Crippen LogP contribution in [0.15, 0.2) is 51.5 Å². The van der Waals surface area contributed by atoms with Crippen molar-refractivity contribution in [2.75, 3.05) is 0 Å². The van der Waals surface area contributed by atoms with Gasteiger partial charge in [-0.3, -0.25) is 4.79 Å². The molecule has 0 saturated carbocycles. The maximum absolute atomic E-state index is 12.1. The van der Waals surface area contributed by atoms with Crippen molar-refractivity contribution in [3.63, 3.8) is 0 Å². The Balaban J connectivity index is 1.58. The molecule has 25 heavy (non-hydrogen) atoms. The summed E-state index contributed by atoms with van der Waals surface area (Å²) in [5.74, 6) is 0.800. The quantitative estimate of drug-likeness (QED) is 0.704. The van der Waals surface area contributed by atoms with E-state index in [2.05, 4.69) is 38.3 Å². The van der Waals surface area contributed by atoms with Gasteiger partial charge in [-0.1, -0.05) is 51.4 Å². The van der Waals surface area contributed by atoms with Crippen LogP contribution in [0.25, 0.3) is 11.4 Å². The smallest absolute Gasteiger partial charge is 0.246 e. The van der Waals surface area contributed by atoms with Crippen molar-refractivity contribution in [3.8, 4) is 11.4 Å². The first kappa shape index (κ1) is 17.4. The largest absolute Gasteiger partial charge is 0.347 e. The summed E-state index contributed by atoms with van der Waals surface area (Å²) in [4.78, 5) is 16.4. The van der Waals surface area contributed by atoms with E-state index in [0.29, 0.717) is 18.1 Å². The Morgan fingerprint density at radius 2 is 2.00 bits per heavy atom. The molecular formula is C19H18BrN3O2. The molecule has 0 atom stereocenters. The number of hydrogen-bond donors (Lipinski definition) is 1.